The van der Waals surface area contributed by atoms with Crippen molar-refractivity contribution in [3.8, 4) is 0 Å². The summed E-state index contributed by atoms with van der Waals surface area (Å²) in [5.41, 5.74) is 5.07. The van der Waals surface area contributed by atoms with Crippen LogP contribution in [0, 0.1) is 13.8 Å². The van der Waals surface area contributed by atoms with Gasteiger partial charge in [-0.15, -0.1) is 0 Å². The zero-order valence-electron chi connectivity index (χ0n) is 15.0. The third-order valence-corrected chi connectivity index (χ3v) is 5.31. The molecule has 0 unspecified atom stereocenters. The summed E-state index contributed by atoms with van der Waals surface area (Å²) in [6.45, 7) is 11.6. The van der Waals surface area contributed by atoms with Crippen LogP contribution < -0.4 is 4.90 Å². The summed E-state index contributed by atoms with van der Waals surface area (Å²) in [5.74, 6) is 3.39. The van der Waals surface area contributed by atoms with E-state index in [0.29, 0.717) is 18.5 Å². The van der Waals surface area contributed by atoms with E-state index in [0.717, 1.165) is 27.8 Å². The van der Waals surface area contributed by atoms with Crippen LogP contribution in [0.2, 0.25) is 5.82 Å². The number of benzene rings is 1. The fourth-order valence-corrected chi connectivity index (χ4v) is 3.95. The number of hydrogen-bond donors (Lipinski definition) is 0. The van der Waals surface area contributed by atoms with Crippen LogP contribution in [0.25, 0.3) is 22.1 Å². The van der Waals surface area contributed by atoms with E-state index in [1.807, 2.05) is 13.0 Å². The third kappa shape index (κ3) is 2.16. The van der Waals surface area contributed by atoms with E-state index >= 15 is 0 Å². The van der Waals surface area contributed by atoms with Crippen molar-refractivity contribution in [2.24, 2.45) is 0 Å². The summed E-state index contributed by atoms with van der Waals surface area (Å²) in [7, 11) is 0. The van der Waals surface area contributed by atoms with Crippen molar-refractivity contribution in [3.05, 3.63) is 47.7 Å². The van der Waals surface area contributed by atoms with Crippen molar-refractivity contribution in [3.63, 3.8) is 0 Å². The number of furan rings is 1. The molecule has 1 atom stereocenters. The molecule has 24 heavy (non-hydrogen) atoms. The summed E-state index contributed by atoms with van der Waals surface area (Å²) in [4.78, 5) is 6.94. The van der Waals surface area contributed by atoms with Crippen molar-refractivity contribution in [1.29, 1.82) is 0 Å². The Hall–Kier alpha value is -2.23. The highest BCUT2D eigenvalue weighted by Gasteiger charge is 2.33. The molecular formula is C20H23BN2O. The van der Waals surface area contributed by atoms with Crippen LogP contribution in [0.4, 0.5) is 5.69 Å². The Kier molecular flexibility index (Phi) is 3.45. The lowest BCUT2D eigenvalue weighted by Crippen LogP contribution is -2.37. The van der Waals surface area contributed by atoms with Crippen LogP contribution in [0.1, 0.15) is 32.0 Å². The van der Waals surface area contributed by atoms with Gasteiger partial charge >= 0.3 is 0 Å². The lowest BCUT2D eigenvalue weighted by atomic mass is 9.39. The molecule has 1 aliphatic heterocycles. The predicted molar refractivity (Wildman–Crippen MR) is 103 cm³/mol. The maximum atomic E-state index is 6.22. The first-order chi connectivity index (χ1) is 11.5. The number of anilines is 1. The Morgan fingerprint density at radius 3 is 2.58 bits per heavy atom. The Balaban J connectivity index is 1.94. The van der Waals surface area contributed by atoms with Crippen LogP contribution in [0.3, 0.4) is 0 Å². The van der Waals surface area contributed by atoms with Gasteiger partial charge in [0.25, 0.3) is 0 Å². The summed E-state index contributed by atoms with van der Waals surface area (Å²) < 4.78 is 6.22. The topological polar surface area (TPSA) is 29.3 Å². The average molecular weight is 318 g/mol. The Morgan fingerprint density at radius 1 is 1.12 bits per heavy atom. The Labute approximate surface area is 143 Å². The van der Waals surface area contributed by atoms with Crippen molar-refractivity contribution in [1.82, 2.24) is 4.98 Å². The van der Waals surface area contributed by atoms with Crippen molar-refractivity contribution < 1.29 is 4.42 Å². The number of pyridine rings is 1. The van der Waals surface area contributed by atoms with E-state index < -0.39 is 0 Å². The summed E-state index contributed by atoms with van der Waals surface area (Å²) in [6.07, 6.45) is 2.23. The number of hydrogen-bond acceptors (Lipinski definition) is 3. The number of fused-ring (bicyclic) bond motifs is 3. The van der Waals surface area contributed by atoms with Gasteiger partial charge < -0.3 is 9.32 Å². The SMILES string of the molecule is Cc1ccc2c(n1)oc1c(N3C=CB(C(C)C)[C@@H]3C)c(C)ccc12. The largest absolute Gasteiger partial charge is 0.435 e. The molecule has 0 spiro atoms. The lowest BCUT2D eigenvalue weighted by molar-refractivity contribution is 0.650. The third-order valence-electron chi connectivity index (χ3n) is 5.31. The van der Waals surface area contributed by atoms with E-state index in [-0.39, 0.29) is 0 Å². The second-order valence-corrected chi connectivity index (χ2v) is 7.33. The first kappa shape index (κ1) is 15.3. The van der Waals surface area contributed by atoms with E-state index in [4.69, 9.17) is 4.42 Å². The number of aryl methyl sites for hydroxylation is 2. The normalized spacial score (nSPS) is 17.8. The van der Waals surface area contributed by atoms with E-state index in [9.17, 15) is 0 Å². The van der Waals surface area contributed by atoms with Crippen LogP contribution >= 0.6 is 0 Å². The van der Waals surface area contributed by atoms with E-state index in [1.165, 1.54) is 11.3 Å². The van der Waals surface area contributed by atoms with Gasteiger partial charge in [-0.3, -0.25) is 0 Å². The Morgan fingerprint density at radius 2 is 1.88 bits per heavy atom. The summed E-state index contributed by atoms with van der Waals surface area (Å²) >= 11 is 0. The molecule has 0 N–H and O–H groups in total. The second-order valence-electron chi connectivity index (χ2n) is 7.33. The fraction of sp³-hybridized carbons (Fsp3) is 0.350. The molecule has 0 saturated heterocycles. The van der Waals surface area contributed by atoms with Crippen molar-refractivity contribution >= 4 is 34.5 Å². The fourth-order valence-electron chi connectivity index (χ4n) is 3.95. The minimum atomic E-state index is 0.428. The quantitative estimate of drug-likeness (QED) is 0.600. The molecule has 0 saturated carbocycles. The first-order valence-corrected chi connectivity index (χ1v) is 8.73. The zero-order chi connectivity index (χ0) is 17.0. The highest BCUT2D eigenvalue weighted by molar-refractivity contribution is 6.69. The van der Waals surface area contributed by atoms with Crippen LogP contribution in [0.5, 0.6) is 0 Å². The van der Waals surface area contributed by atoms with Gasteiger partial charge in [0.15, 0.2) is 12.3 Å². The average Bonchev–Trinajstić information content (AvgIpc) is 3.07. The molecule has 4 rings (SSSR count). The number of rotatable bonds is 2. The monoisotopic (exact) mass is 318 g/mol. The van der Waals surface area contributed by atoms with Gasteiger partial charge in [-0.25, -0.2) is 4.98 Å². The van der Waals surface area contributed by atoms with E-state index in [2.05, 4.69) is 68.0 Å². The molecule has 4 heteroatoms. The van der Waals surface area contributed by atoms with Gasteiger partial charge in [0.1, 0.15) is 0 Å². The summed E-state index contributed by atoms with van der Waals surface area (Å²) in [5, 5.41) is 2.24. The molecule has 0 fully saturated rings. The molecule has 1 aromatic carbocycles. The highest BCUT2D eigenvalue weighted by atomic mass is 16.3. The molecule has 2 aromatic heterocycles. The second kappa shape index (κ2) is 5.40. The highest BCUT2D eigenvalue weighted by Crippen LogP contribution is 2.39. The van der Waals surface area contributed by atoms with Gasteiger partial charge in [0, 0.05) is 22.4 Å². The molecule has 3 nitrogen and oxygen atoms in total. The molecule has 0 radical (unpaired) electrons. The molecular weight excluding hydrogens is 295 g/mol. The number of aromatic nitrogens is 1. The zero-order valence-corrected chi connectivity index (χ0v) is 15.0. The van der Waals surface area contributed by atoms with Gasteiger partial charge in [0.2, 0.25) is 5.71 Å². The molecule has 3 aromatic rings. The van der Waals surface area contributed by atoms with Crippen LogP contribution in [0.15, 0.2) is 40.9 Å². The van der Waals surface area contributed by atoms with Gasteiger partial charge in [0.05, 0.1) is 5.69 Å². The maximum absolute atomic E-state index is 6.22. The van der Waals surface area contributed by atoms with Gasteiger partial charge in [-0.05, 0) is 37.7 Å². The van der Waals surface area contributed by atoms with Crippen LogP contribution in [-0.2, 0) is 0 Å². The van der Waals surface area contributed by atoms with Crippen molar-refractivity contribution in [2.45, 2.75) is 46.4 Å². The standard InChI is InChI=1S/C20H23BN2O/c1-12(2)21-10-11-23(15(21)5)18-13(3)6-8-16-17-9-7-14(4)22-20(17)24-19(16)18/h6-12,15H,1-5H3/t15-/m0/s1. The molecule has 0 aliphatic carbocycles. The molecule has 3 heterocycles. The molecule has 1 aliphatic rings. The number of nitrogens with zero attached hydrogens (tertiary/aromatic N) is 2. The minimum absolute atomic E-state index is 0.428. The maximum Gasteiger partial charge on any atom is 0.227 e. The Bertz CT molecular complexity index is 957. The smallest absolute Gasteiger partial charge is 0.227 e. The predicted octanol–water partition coefficient (Wildman–Crippen LogP) is 5.30. The molecule has 0 bridgehead atoms. The molecule has 122 valence electrons. The van der Waals surface area contributed by atoms with Crippen molar-refractivity contribution in [2.75, 3.05) is 4.90 Å². The van der Waals surface area contributed by atoms with Gasteiger partial charge in [-0.2, -0.15) is 0 Å². The van der Waals surface area contributed by atoms with Crippen LogP contribution in [-0.4, -0.2) is 17.6 Å². The summed E-state index contributed by atoms with van der Waals surface area (Å²) in [6, 6.07) is 8.50. The lowest BCUT2D eigenvalue weighted by Gasteiger charge is -2.28. The minimum Gasteiger partial charge on any atom is -0.435 e. The first-order valence-electron chi connectivity index (χ1n) is 8.73. The van der Waals surface area contributed by atoms with Gasteiger partial charge in [-0.1, -0.05) is 44.7 Å². The van der Waals surface area contributed by atoms with E-state index in [1.54, 1.807) is 0 Å². The molecule has 0 amide bonds.